The SMILES string of the molecule is CC1=CC[N-]C[N-]1.CC1CC[N-]C[N-]1.OC(CC(O)C(F)(F)F)C(F)(F)F.OC(CC(O)C(F)(F)F)C(F)(F)F.OC(CC(O)C(F)(F)F)C(F)(F)F.OC(CC(O)C(F)(F)F)C(F)(F)F.OC(CC(O)C(F)(F)F)C(F)(F)F.OC(CC(O)C(F)(F)F)C(F)(F)F.[Cu+2].[Cu+].[Cu+]. The van der Waals surface area contributed by atoms with Crippen LogP contribution in [0, 0.1) is 0 Å². The fourth-order valence-corrected chi connectivity index (χ4v) is 3.99. The van der Waals surface area contributed by atoms with E-state index in [2.05, 4.69) is 28.2 Å². The van der Waals surface area contributed by atoms with Crippen molar-refractivity contribution in [2.75, 3.05) is 26.4 Å². The van der Waals surface area contributed by atoms with Crippen molar-refractivity contribution in [3.63, 3.8) is 0 Å². The van der Waals surface area contributed by atoms with E-state index in [0.717, 1.165) is 31.9 Å². The third kappa shape index (κ3) is 61.6. The molecule has 591 valence electrons. The van der Waals surface area contributed by atoms with Gasteiger partial charge in [0.15, 0.2) is 73.2 Å². The van der Waals surface area contributed by atoms with Crippen LogP contribution in [0.5, 0.6) is 0 Å². The molecule has 2 heterocycles. The number of alkyl halides is 36. The van der Waals surface area contributed by atoms with Gasteiger partial charge in [-0.05, 0) is 0 Å². The van der Waals surface area contributed by atoms with Crippen molar-refractivity contribution in [3.8, 4) is 0 Å². The summed E-state index contributed by atoms with van der Waals surface area (Å²) in [4.78, 5) is 0. The molecule has 0 aromatic rings. The number of aliphatic hydroxyl groups is 12. The van der Waals surface area contributed by atoms with Crippen molar-refractivity contribution in [1.82, 2.24) is 0 Å². The molecule has 1 radical (unpaired) electrons. The number of allylic oxidation sites excluding steroid dienone is 1. The van der Waals surface area contributed by atoms with Crippen molar-refractivity contribution in [3.05, 3.63) is 33.0 Å². The van der Waals surface area contributed by atoms with Crippen molar-refractivity contribution in [1.29, 1.82) is 0 Å². The molecule has 13 atom stereocenters. The van der Waals surface area contributed by atoms with Crippen LogP contribution in [0.2, 0.25) is 0 Å². The molecule has 0 bridgehead atoms. The molecular formula is C40H54Cu3F36N4O12. The molecule has 0 saturated carbocycles. The zero-order valence-electron chi connectivity index (χ0n) is 46.0. The van der Waals surface area contributed by atoms with Crippen LogP contribution in [0.4, 0.5) is 158 Å². The van der Waals surface area contributed by atoms with E-state index in [0.29, 0.717) is 12.7 Å². The Balaban J connectivity index is -0.000000127. The minimum Gasteiger partial charge on any atom is -0.706 e. The second kappa shape index (κ2) is 46.5. The van der Waals surface area contributed by atoms with Crippen molar-refractivity contribution in [2.24, 2.45) is 0 Å². The second-order valence-corrected chi connectivity index (χ2v) is 17.6. The monoisotopic (exact) mass is 1660 g/mol. The molecule has 0 aliphatic carbocycles. The number of hydrogen-bond acceptors (Lipinski definition) is 12. The molecule has 0 aromatic heterocycles. The summed E-state index contributed by atoms with van der Waals surface area (Å²) in [7, 11) is 0. The fraction of sp³-hybridized carbons (Fsp3) is 0.950. The number of nitrogens with zero attached hydrogens (tertiary/aromatic N) is 4. The molecule has 13 unspecified atom stereocenters. The molecule has 0 aromatic carbocycles. The van der Waals surface area contributed by atoms with Crippen LogP contribution in [0.3, 0.4) is 0 Å². The van der Waals surface area contributed by atoms with E-state index < -0.39 is 186 Å². The van der Waals surface area contributed by atoms with E-state index in [4.69, 9.17) is 61.3 Å². The van der Waals surface area contributed by atoms with Gasteiger partial charge < -0.3 is 82.5 Å². The Morgan fingerprint density at radius 1 is 0.316 bits per heavy atom. The second-order valence-electron chi connectivity index (χ2n) is 17.6. The van der Waals surface area contributed by atoms with Crippen LogP contribution in [0.25, 0.3) is 21.3 Å². The van der Waals surface area contributed by atoms with E-state index >= 15 is 0 Å². The zero-order chi connectivity index (χ0) is 75.4. The number of halogens is 36. The van der Waals surface area contributed by atoms with Crippen LogP contribution < -0.4 is 0 Å². The molecule has 0 spiro atoms. The molecule has 2 rings (SSSR count). The van der Waals surface area contributed by atoms with Gasteiger partial charge >= 0.3 is 125 Å². The smallest absolute Gasteiger partial charge is 0.706 e. The first kappa shape index (κ1) is 112. The van der Waals surface area contributed by atoms with E-state index in [1.807, 2.05) is 13.0 Å². The van der Waals surface area contributed by atoms with E-state index in [1.165, 1.54) is 0 Å². The van der Waals surface area contributed by atoms with E-state index in [1.54, 1.807) is 0 Å². The van der Waals surface area contributed by atoms with Gasteiger partial charge in [0.05, 0.1) is 0 Å². The zero-order valence-corrected chi connectivity index (χ0v) is 48.9. The minimum absolute atomic E-state index is 0. The topological polar surface area (TPSA) is 299 Å². The molecule has 1 fully saturated rings. The van der Waals surface area contributed by atoms with Crippen LogP contribution in [-0.2, 0) is 51.2 Å². The minimum atomic E-state index is -5.15. The van der Waals surface area contributed by atoms with Gasteiger partial charge in [0.2, 0.25) is 0 Å². The summed E-state index contributed by atoms with van der Waals surface area (Å²) in [6, 6.07) is 0.567. The third-order valence-corrected chi connectivity index (χ3v) is 9.35. The average molecular weight is 1660 g/mol. The normalized spacial score (nSPS) is 19.1. The summed E-state index contributed by atoms with van der Waals surface area (Å²) in [5, 5.41) is 114. The predicted octanol–water partition coefficient (Wildman–Crippen LogP) is 10.4. The maximum absolute atomic E-state index is 11.5. The van der Waals surface area contributed by atoms with Gasteiger partial charge in [0.1, 0.15) is 0 Å². The molecule has 16 nitrogen and oxygen atoms in total. The van der Waals surface area contributed by atoms with Gasteiger partial charge in [-0.2, -0.15) is 170 Å². The maximum atomic E-state index is 11.5. The molecular weight excluding hydrogens is 1600 g/mol. The summed E-state index contributed by atoms with van der Waals surface area (Å²) in [5.74, 6) is 0. The summed E-state index contributed by atoms with van der Waals surface area (Å²) in [6.45, 7) is 7.41. The third-order valence-electron chi connectivity index (χ3n) is 9.35. The first-order chi connectivity index (χ1) is 40.1. The van der Waals surface area contributed by atoms with Crippen LogP contribution in [0.15, 0.2) is 11.8 Å². The first-order valence-corrected chi connectivity index (χ1v) is 23.3. The largest absolute Gasteiger partial charge is 2.00 e. The fourth-order valence-electron chi connectivity index (χ4n) is 3.99. The van der Waals surface area contributed by atoms with E-state index in [9.17, 15) is 158 Å². The summed E-state index contributed by atoms with van der Waals surface area (Å²) < 4.78 is 413. The molecule has 12 N–H and O–H groups in total. The van der Waals surface area contributed by atoms with Gasteiger partial charge in [-0.1, -0.05) is 20.3 Å². The molecule has 95 heavy (non-hydrogen) atoms. The Morgan fingerprint density at radius 2 is 0.474 bits per heavy atom. The Hall–Kier alpha value is -2.02. The first-order valence-electron chi connectivity index (χ1n) is 23.3. The summed E-state index contributed by atoms with van der Waals surface area (Å²) in [5.41, 5.74) is 1.12. The Kier molecular flexibility index (Phi) is 54.6. The Bertz CT molecular complexity index is 1530. The number of hydrogen-bond donors (Lipinski definition) is 12. The van der Waals surface area contributed by atoms with Gasteiger partial charge in [0.25, 0.3) is 0 Å². The number of aliphatic hydroxyl groups excluding tert-OH is 12. The number of rotatable bonds is 12. The van der Waals surface area contributed by atoms with Crippen LogP contribution >= 0.6 is 0 Å². The quantitative estimate of drug-likeness (QED) is 0.0642. The molecule has 55 heteroatoms. The standard InChI is InChI=1S/6C5H6F6O2.C5H10N2.C5H8N2.3Cu/c6*6-4(7,8)2(12)1-3(13)5(9,10)11;2*1-5-2-3-6-4-7-5;;;/h6*2-3,12-13H,1H2;5H,2-4H2,1H3;2H,3-4H2,1H3;;;/q;;;;;;2*-2;2*+1;+2. The molecule has 2 aliphatic rings. The van der Waals surface area contributed by atoms with Gasteiger partial charge in [-0.15, -0.1) is 18.7 Å². The molecule has 0 amide bonds. The Labute approximate surface area is 541 Å². The van der Waals surface area contributed by atoms with Gasteiger partial charge in [-0.25, -0.2) is 6.67 Å². The van der Waals surface area contributed by atoms with Crippen LogP contribution in [-0.4, -0.2) is 241 Å². The van der Waals surface area contributed by atoms with Crippen molar-refractivity contribution < 1.29 is 271 Å². The average Bonchev–Trinajstić information content (AvgIpc) is 0.928. The summed E-state index contributed by atoms with van der Waals surface area (Å²) >= 11 is 0. The van der Waals surface area contributed by atoms with Gasteiger partial charge in [0, 0.05) is 38.5 Å². The maximum Gasteiger partial charge on any atom is 2.00 e. The Morgan fingerprint density at radius 3 is 0.537 bits per heavy atom. The predicted molar refractivity (Wildman–Crippen MR) is 233 cm³/mol. The van der Waals surface area contributed by atoms with Crippen molar-refractivity contribution >= 4 is 0 Å². The molecule has 1 saturated heterocycles. The molecule has 2 aliphatic heterocycles. The van der Waals surface area contributed by atoms with E-state index in [-0.39, 0.29) is 51.2 Å². The van der Waals surface area contributed by atoms with Crippen LogP contribution in [0.1, 0.15) is 58.8 Å². The van der Waals surface area contributed by atoms with Crippen molar-refractivity contribution in [2.45, 2.75) is 212 Å². The van der Waals surface area contributed by atoms with Gasteiger partial charge in [-0.3, -0.25) is 6.67 Å². The summed E-state index contributed by atoms with van der Waals surface area (Å²) in [6.07, 6.45) is -107.